The number of aliphatic hydroxyl groups is 5. The van der Waals surface area contributed by atoms with E-state index in [0.29, 0.717) is 19.4 Å². The summed E-state index contributed by atoms with van der Waals surface area (Å²) >= 11 is 0. The molecule has 7 unspecified atom stereocenters. The molecule has 11 nitrogen and oxygen atoms in total. The van der Waals surface area contributed by atoms with E-state index in [0.717, 1.165) is 64.2 Å². The number of unbranched alkanes of at least 4 members (excludes halogenated alkanes) is 41. The van der Waals surface area contributed by atoms with Crippen LogP contribution in [0.15, 0.2) is 48.6 Å². The normalized spacial score (nSPS) is 18.5. The predicted molar refractivity (Wildman–Crippen MR) is 343 cm³/mol. The highest BCUT2D eigenvalue weighted by Gasteiger charge is 2.44. The molecule has 0 aromatic rings. The highest BCUT2D eigenvalue weighted by molar-refractivity contribution is 5.76. The predicted octanol–water partition coefficient (Wildman–Crippen LogP) is 17.6. The lowest BCUT2D eigenvalue weighted by Crippen LogP contribution is -2.60. The molecule has 1 heterocycles. The third-order valence-corrected chi connectivity index (χ3v) is 16.4. The third kappa shape index (κ3) is 48.8. The number of rotatable bonds is 61. The molecule has 0 saturated carbocycles. The Balaban J connectivity index is 1.93. The Labute approximate surface area is 504 Å². The summed E-state index contributed by atoms with van der Waals surface area (Å²) in [7, 11) is 0. The first-order valence-corrected chi connectivity index (χ1v) is 34.9. The van der Waals surface area contributed by atoms with Crippen LogP contribution in [0.1, 0.15) is 328 Å². The molecule has 11 heteroatoms. The first-order valence-electron chi connectivity index (χ1n) is 34.9. The molecule has 1 aliphatic rings. The van der Waals surface area contributed by atoms with E-state index >= 15 is 0 Å². The Morgan fingerprint density at radius 3 is 1.30 bits per heavy atom. The molecule has 1 aliphatic heterocycles. The average molecular weight is 1160 g/mol. The van der Waals surface area contributed by atoms with Crippen LogP contribution in [0.4, 0.5) is 0 Å². The van der Waals surface area contributed by atoms with Crippen molar-refractivity contribution >= 4 is 11.9 Å². The van der Waals surface area contributed by atoms with Crippen LogP contribution in [0.3, 0.4) is 0 Å². The van der Waals surface area contributed by atoms with Gasteiger partial charge in [-0.05, 0) is 77.0 Å². The number of aliphatic hydroxyl groups excluding tert-OH is 5. The van der Waals surface area contributed by atoms with E-state index < -0.39 is 49.5 Å². The van der Waals surface area contributed by atoms with Gasteiger partial charge in [-0.25, -0.2) is 0 Å². The number of carbonyl (C=O) groups is 2. The van der Waals surface area contributed by atoms with Gasteiger partial charge in [-0.15, -0.1) is 0 Å². The molecule has 1 amide bonds. The molecule has 0 aliphatic carbocycles. The van der Waals surface area contributed by atoms with Gasteiger partial charge < -0.3 is 45.1 Å². The summed E-state index contributed by atoms with van der Waals surface area (Å²) in [5, 5.41) is 54.2. The van der Waals surface area contributed by atoms with Crippen LogP contribution in [0.25, 0.3) is 0 Å². The first-order chi connectivity index (χ1) is 40.2. The van der Waals surface area contributed by atoms with Gasteiger partial charge in [0.1, 0.15) is 24.4 Å². The van der Waals surface area contributed by atoms with Gasteiger partial charge in [0.2, 0.25) is 5.91 Å². The van der Waals surface area contributed by atoms with Crippen molar-refractivity contribution in [1.82, 2.24) is 5.32 Å². The van der Waals surface area contributed by atoms with Gasteiger partial charge in [0.05, 0.1) is 32.0 Å². The molecule has 6 N–H and O–H groups in total. The topological polar surface area (TPSA) is 175 Å². The summed E-state index contributed by atoms with van der Waals surface area (Å²) in [4.78, 5) is 25.0. The lowest BCUT2D eigenvalue weighted by Gasteiger charge is -2.40. The molecular formula is C71H131NO10. The number of carbonyl (C=O) groups excluding carboxylic acids is 2. The second-order valence-corrected chi connectivity index (χ2v) is 24.2. The summed E-state index contributed by atoms with van der Waals surface area (Å²) in [5.74, 6) is -0.185. The van der Waals surface area contributed by atoms with Crippen LogP contribution in [0.5, 0.6) is 0 Å². The SMILES string of the molecule is CCCCC/C=C/CC/C=C/C(O)C(COC1OC(CO)C(O)C(O)C1O)NC(=O)CCCCCCCCCCCCCCCCCCC/C=C\C/C=C\CCCCCCCCCCCOC(=O)CCCCCCCCCCCCCC. The van der Waals surface area contributed by atoms with E-state index in [9.17, 15) is 35.1 Å². The number of esters is 1. The number of ether oxygens (including phenoxy) is 3. The van der Waals surface area contributed by atoms with E-state index in [-0.39, 0.29) is 18.5 Å². The summed E-state index contributed by atoms with van der Waals surface area (Å²) in [5.41, 5.74) is 0. The molecule has 0 radical (unpaired) electrons. The lowest BCUT2D eigenvalue weighted by atomic mass is 9.99. The number of nitrogens with one attached hydrogen (secondary N) is 1. The lowest BCUT2D eigenvalue weighted by molar-refractivity contribution is -0.302. The van der Waals surface area contributed by atoms with Crippen molar-refractivity contribution in [1.29, 1.82) is 0 Å². The first kappa shape index (κ1) is 77.6. The smallest absolute Gasteiger partial charge is 0.305 e. The van der Waals surface area contributed by atoms with Gasteiger partial charge in [0.25, 0.3) is 0 Å². The maximum absolute atomic E-state index is 13.0. The second-order valence-electron chi connectivity index (χ2n) is 24.2. The van der Waals surface area contributed by atoms with Crippen molar-refractivity contribution in [3.05, 3.63) is 48.6 Å². The average Bonchev–Trinajstić information content (AvgIpc) is 3.68. The van der Waals surface area contributed by atoms with Crippen LogP contribution in [0, 0.1) is 0 Å². The van der Waals surface area contributed by atoms with Crippen molar-refractivity contribution in [3.63, 3.8) is 0 Å². The summed E-state index contributed by atoms with van der Waals surface area (Å²) < 4.78 is 16.7. The molecule has 0 aromatic heterocycles. The number of hydrogen-bond acceptors (Lipinski definition) is 10. The molecule has 1 saturated heterocycles. The highest BCUT2D eigenvalue weighted by Crippen LogP contribution is 2.23. The van der Waals surface area contributed by atoms with Crippen LogP contribution in [-0.4, -0.2) is 100 Å². The Kier molecular flexibility index (Phi) is 57.1. The van der Waals surface area contributed by atoms with Crippen LogP contribution >= 0.6 is 0 Å². The Hall–Kier alpha value is -2.38. The van der Waals surface area contributed by atoms with Gasteiger partial charge in [-0.3, -0.25) is 9.59 Å². The molecule has 0 aromatic carbocycles. The van der Waals surface area contributed by atoms with E-state index in [1.54, 1.807) is 6.08 Å². The van der Waals surface area contributed by atoms with E-state index in [1.807, 2.05) is 6.08 Å². The van der Waals surface area contributed by atoms with Crippen LogP contribution in [-0.2, 0) is 23.8 Å². The monoisotopic (exact) mass is 1160 g/mol. The van der Waals surface area contributed by atoms with Gasteiger partial charge in [0.15, 0.2) is 6.29 Å². The fourth-order valence-electron chi connectivity index (χ4n) is 10.9. The zero-order chi connectivity index (χ0) is 59.5. The molecular weight excluding hydrogens is 1030 g/mol. The van der Waals surface area contributed by atoms with Gasteiger partial charge in [-0.1, -0.05) is 287 Å². The minimum atomic E-state index is -1.57. The summed E-state index contributed by atoms with van der Waals surface area (Å²) in [6.45, 7) is 4.30. The molecule has 7 atom stereocenters. The van der Waals surface area contributed by atoms with Gasteiger partial charge >= 0.3 is 5.97 Å². The van der Waals surface area contributed by atoms with Crippen molar-refractivity contribution in [2.24, 2.45) is 0 Å². The largest absolute Gasteiger partial charge is 0.466 e. The van der Waals surface area contributed by atoms with Gasteiger partial charge in [-0.2, -0.15) is 0 Å². The van der Waals surface area contributed by atoms with Crippen molar-refractivity contribution in [2.75, 3.05) is 19.8 Å². The molecule has 82 heavy (non-hydrogen) atoms. The van der Waals surface area contributed by atoms with E-state index in [4.69, 9.17) is 14.2 Å². The molecule has 1 fully saturated rings. The fourth-order valence-corrected chi connectivity index (χ4v) is 10.9. The van der Waals surface area contributed by atoms with Gasteiger partial charge in [0, 0.05) is 12.8 Å². The maximum atomic E-state index is 13.0. The fraction of sp³-hybridized carbons (Fsp3) is 0.859. The molecule has 0 spiro atoms. The Morgan fingerprint density at radius 1 is 0.451 bits per heavy atom. The van der Waals surface area contributed by atoms with Crippen molar-refractivity contribution in [3.8, 4) is 0 Å². The molecule has 1 rings (SSSR count). The minimum absolute atomic E-state index is 0.00730. The van der Waals surface area contributed by atoms with Crippen LogP contribution in [0.2, 0.25) is 0 Å². The second kappa shape index (κ2) is 60.3. The number of allylic oxidation sites excluding steroid dienone is 7. The van der Waals surface area contributed by atoms with Crippen LogP contribution < -0.4 is 5.32 Å². The standard InChI is InChI=1S/C71H131NO10/c1-3-5-7-9-11-13-14-39-43-47-51-55-59-67(76)80-60-56-52-48-44-40-37-35-33-31-29-27-25-23-21-19-17-15-16-18-20-22-24-26-28-30-32-34-36-38-42-46-50-54-58-66(75)72-63(64(74)57-53-49-45-41-12-10-8-6-4-2)62-81-71-70(79)69(78)68(77)65(61-73)82-71/h12,19,21,25,27,41,53,57,63-65,68-71,73-74,77-79H,3-11,13-18,20,22-24,26,28-40,42-52,54-56,58-62H2,1-2H3,(H,72,75)/b21-19-,27-25-,41-12+,57-53+. The van der Waals surface area contributed by atoms with Crippen molar-refractivity contribution in [2.45, 2.75) is 371 Å². The highest BCUT2D eigenvalue weighted by atomic mass is 16.7. The Morgan fingerprint density at radius 2 is 0.829 bits per heavy atom. The zero-order valence-electron chi connectivity index (χ0n) is 53.2. The maximum Gasteiger partial charge on any atom is 0.305 e. The van der Waals surface area contributed by atoms with E-state index in [2.05, 4.69) is 55.6 Å². The summed E-state index contributed by atoms with van der Waals surface area (Å²) in [6.07, 6.45) is 68.4. The van der Waals surface area contributed by atoms with Crippen molar-refractivity contribution < 1.29 is 49.3 Å². The number of hydrogen-bond donors (Lipinski definition) is 6. The summed E-state index contributed by atoms with van der Waals surface area (Å²) in [6, 6.07) is -0.825. The zero-order valence-corrected chi connectivity index (χ0v) is 53.2. The quantitative estimate of drug-likeness (QED) is 0.0195. The molecule has 0 bridgehead atoms. The van der Waals surface area contributed by atoms with E-state index in [1.165, 1.54) is 238 Å². The number of amides is 1. The third-order valence-electron chi connectivity index (χ3n) is 16.4. The Bertz CT molecular complexity index is 1500. The minimum Gasteiger partial charge on any atom is -0.466 e. The molecule has 480 valence electrons.